The fourth-order valence-electron chi connectivity index (χ4n) is 9.37. The summed E-state index contributed by atoms with van der Waals surface area (Å²) < 4.78 is 40.6. The number of rotatable bonds is 51. The molecule has 0 rings (SSSR count). The monoisotopic (exact) mass is 1000 g/mol. The van der Waals surface area contributed by atoms with Crippen molar-refractivity contribution in [2.75, 3.05) is 32.8 Å². The first-order valence-electron chi connectivity index (χ1n) is 28.7. The van der Waals surface area contributed by atoms with Crippen LogP contribution < -0.4 is 0 Å². The second-order valence-corrected chi connectivity index (χ2v) is 37.9. The van der Waals surface area contributed by atoms with Crippen LogP contribution in [0.25, 0.3) is 0 Å². The van der Waals surface area contributed by atoms with E-state index in [4.69, 9.17) is 33.0 Å². The van der Waals surface area contributed by atoms with E-state index >= 15 is 0 Å². The van der Waals surface area contributed by atoms with Gasteiger partial charge >= 0.3 is 17.1 Å². The van der Waals surface area contributed by atoms with Crippen LogP contribution in [0.3, 0.4) is 0 Å². The molecular formula is C55H117NO6Si4. The zero-order chi connectivity index (χ0) is 49.3. The molecule has 394 valence electrons. The van der Waals surface area contributed by atoms with Gasteiger partial charge in [0, 0.05) is 13.2 Å². The maximum absolute atomic E-state index is 6.94. The van der Waals surface area contributed by atoms with E-state index in [-0.39, 0.29) is 12.6 Å². The number of hydrogen-bond donors (Lipinski definition) is 0. The molecule has 0 aromatic heterocycles. The highest BCUT2D eigenvalue weighted by atomic mass is 28.4. The third kappa shape index (κ3) is 43.0. The fraction of sp³-hybridized carbons (Fsp3) is 0.964. The highest BCUT2D eigenvalue weighted by molar-refractivity contribution is 6.82. The molecule has 0 saturated carbocycles. The summed E-state index contributed by atoms with van der Waals surface area (Å²) >= 11 is 0. The third-order valence-corrected chi connectivity index (χ3v) is 26.0. The van der Waals surface area contributed by atoms with Gasteiger partial charge in [0.25, 0.3) is 0 Å². The van der Waals surface area contributed by atoms with Crippen molar-refractivity contribution in [3.63, 3.8) is 0 Å². The lowest BCUT2D eigenvalue weighted by Crippen LogP contribution is -2.48. The Balaban J connectivity index is 5.12. The normalized spacial score (nSPS) is 13.8. The molecule has 0 heterocycles. The third-order valence-electron chi connectivity index (χ3n) is 12.9. The number of unbranched alkanes of at least 4 members (excludes halogenated alkanes) is 24. The van der Waals surface area contributed by atoms with E-state index < -0.39 is 33.8 Å². The predicted octanol–water partition coefficient (Wildman–Crippen LogP) is 18.0. The molecule has 0 aliphatic heterocycles. The Labute approximate surface area is 418 Å². The quantitative estimate of drug-likeness (QED) is 0.0260. The summed E-state index contributed by atoms with van der Waals surface area (Å²) in [6.07, 6.45) is 45.3. The van der Waals surface area contributed by atoms with Crippen molar-refractivity contribution in [1.82, 2.24) is 4.90 Å². The van der Waals surface area contributed by atoms with E-state index in [1.54, 1.807) is 0 Å². The van der Waals surface area contributed by atoms with E-state index in [1.807, 2.05) is 0 Å². The molecule has 0 bridgehead atoms. The molecule has 0 saturated heterocycles. The largest absolute Gasteiger partial charge is 0.436 e. The summed E-state index contributed by atoms with van der Waals surface area (Å²) in [4.78, 5) is 2.48. The molecule has 0 aliphatic rings. The first-order chi connectivity index (χ1) is 31.5. The molecule has 2 atom stereocenters. The first-order valence-corrected chi connectivity index (χ1v) is 40.6. The van der Waals surface area contributed by atoms with E-state index in [2.05, 4.69) is 90.9 Å². The highest BCUT2D eigenvalue weighted by Crippen LogP contribution is 2.27. The van der Waals surface area contributed by atoms with Gasteiger partial charge in [-0.2, -0.15) is 0 Å². The molecule has 7 nitrogen and oxygen atoms in total. The number of hydrogen-bond acceptors (Lipinski definition) is 7. The lowest BCUT2D eigenvalue weighted by Gasteiger charge is -2.36. The second kappa shape index (κ2) is 42.8. The van der Waals surface area contributed by atoms with Gasteiger partial charge in [0.1, 0.15) is 12.6 Å². The number of ether oxygens (including phenoxy) is 2. The minimum Gasteiger partial charge on any atom is -0.436 e. The average Bonchev–Trinajstić information content (AvgIpc) is 3.23. The topological polar surface area (TPSA) is 58.6 Å². The Hall–Kier alpha value is 0.148. The molecule has 0 aromatic rings. The van der Waals surface area contributed by atoms with Crippen LogP contribution in [0.2, 0.25) is 64.5 Å². The zero-order valence-corrected chi connectivity index (χ0v) is 50.7. The molecule has 11 heteroatoms. The van der Waals surface area contributed by atoms with Gasteiger partial charge in [0.15, 0.2) is 16.6 Å². The van der Waals surface area contributed by atoms with Crippen molar-refractivity contribution in [2.45, 2.75) is 310 Å². The average molecular weight is 1000 g/mol. The standard InChI is InChI=1S/C55H117NO6Si4/c1-14-19-23-27-31-41-50-57-54(59-65(10,11)61-63(6,7)52-43-33-29-25-21-16-3)45-37-35-39-48-56(47-18-5)49-40-36-38-46-55(58-51-42-32-28-24-20-15-2)60-66(12,13)62-64(8,9)53-44-34-30-26-22-17-4/h5,54-55H,14-17,19-53H2,1-4,6-13H3. The van der Waals surface area contributed by atoms with Crippen LogP contribution in [-0.2, 0) is 26.6 Å². The minimum absolute atomic E-state index is 0.177. The molecule has 0 amide bonds. The van der Waals surface area contributed by atoms with Gasteiger partial charge in [0.05, 0.1) is 6.54 Å². The Morgan fingerprint density at radius 3 is 1.03 bits per heavy atom. The summed E-state index contributed by atoms with van der Waals surface area (Å²) in [6, 6.07) is 2.43. The lowest BCUT2D eigenvalue weighted by molar-refractivity contribution is -0.100. The summed E-state index contributed by atoms with van der Waals surface area (Å²) in [6.45, 7) is 32.0. The van der Waals surface area contributed by atoms with Crippen LogP contribution >= 0.6 is 0 Å². The maximum Gasteiger partial charge on any atom is 0.323 e. The van der Waals surface area contributed by atoms with Gasteiger partial charge in [-0.15, -0.1) is 6.42 Å². The maximum atomic E-state index is 6.94. The van der Waals surface area contributed by atoms with Crippen LogP contribution in [0.1, 0.15) is 233 Å². The van der Waals surface area contributed by atoms with E-state index in [0.29, 0.717) is 6.54 Å². The van der Waals surface area contributed by atoms with Crippen LogP contribution in [0.4, 0.5) is 0 Å². The summed E-state index contributed by atoms with van der Waals surface area (Å²) in [5.74, 6) is 2.95. The molecule has 0 N–H and O–H groups in total. The Kier molecular flexibility index (Phi) is 42.9. The molecule has 66 heavy (non-hydrogen) atoms. The highest BCUT2D eigenvalue weighted by Gasteiger charge is 2.38. The van der Waals surface area contributed by atoms with Gasteiger partial charge < -0.3 is 26.6 Å². The van der Waals surface area contributed by atoms with Crippen molar-refractivity contribution in [1.29, 1.82) is 0 Å². The van der Waals surface area contributed by atoms with Gasteiger partial charge in [0.2, 0.25) is 0 Å². The lowest BCUT2D eigenvalue weighted by atomic mass is 10.1. The SMILES string of the molecule is C#CCN(CCCCCC(OCCCCCCCC)O[Si](C)(C)O[Si](C)(C)CCCCCCCC)CCCCCC(OCCCCCCCC)O[Si](C)(C)O[Si](C)(C)CCCCCCCC. The zero-order valence-electron chi connectivity index (χ0n) is 46.7. The van der Waals surface area contributed by atoms with E-state index in [0.717, 1.165) is 90.5 Å². The smallest absolute Gasteiger partial charge is 0.323 e. The summed E-state index contributed by atoms with van der Waals surface area (Å²) in [5.41, 5.74) is 0. The molecule has 2 unspecified atom stereocenters. The van der Waals surface area contributed by atoms with Crippen LogP contribution in [0.5, 0.6) is 0 Å². The molecular weight excluding hydrogens is 883 g/mol. The Bertz CT molecular complexity index is 1030. The van der Waals surface area contributed by atoms with Crippen LogP contribution in [-0.4, -0.2) is 84.1 Å². The first kappa shape index (κ1) is 66.1. The molecule has 0 aliphatic carbocycles. The minimum atomic E-state index is -2.35. The molecule has 0 radical (unpaired) electrons. The Morgan fingerprint density at radius 1 is 0.394 bits per heavy atom. The molecule has 0 aromatic carbocycles. The summed E-state index contributed by atoms with van der Waals surface area (Å²) in [7, 11) is -8.33. The molecule has 0 fully saturated rings. The van der Waals surface area contributed by atoms with Crippen molar-refractivity contribution in [2.24, 2.45) is 0 Å². The van der Waals surface area contributed by atoms with Crippen molar-refractivity contribution < 1.29 is 26.6 Å². The van der Waals surface area contributed by atoms with Gasteiger partial charge in [-0.05, 0) is 129 Å². The Morgan fingerprint density at radius 2 is 0.697 bits per heavy atom. The van der Waals surface area contributed by atoms with Gasteiger partial charge in [-0.1, -0.05) is 188 Å². The van der Waals surface area contributed by atoms with E-state index in [9.17, 15) is 0 Å². The predicted molar refractivity (Wildman–Crippen MR) is 299 cm³/mol. The van der Waals surface area contributed by atoms with Crippen molar-refractivity contribution >= 4 is 33.8 Å². The second-order valence-electron chi connectivity index (χ2n) is 22.1. The molecule has 0 spiro atoms. The number of terminal acetylenes is 1. The fourth-order valence-corrected chi connectivity index (χ4v) is 25.1. The number of nitrogens with zero attached hydrogens (tertiary/aromatic N) is 1. The van der Waals surface area contributed by atoms with Gasteiger partial charge in [-0.25, -0.2) is 0 Å². The van der Waals surface area contributed by atoms with Crippen molar-refractivity contribution in [3.8, 4) is 12.3 Å². The van der Waals surface area contributed by atoms with Gasteiger partial charge in [-0.3, -0.25) is 4.90 Å². The summed E-state index contributed by atoms with van der Waals surface area (Å²) in [5, 5.41) is 0. The van der Waals surface area contributed by atoms with Crippen molar-refractivity contribution in [3.05, 3.63) is 0 Å². The van der Waals surface area contributed by atoms with E-state index in [1.165, 1.54) is 153 Å². The van der Waals surface area contributed by atoms with Crippen LogP contribution in [0.15, 0.2) is 0 Å². The van der Waals surface area contributed by atoms with Crippen LogP contribution in [0, 0.1) is 12.3 Å².